The first-order valence-corrected chi connectivity index (χ1v) is 8.42. The number of aromatic nitrogens is 1. The van der Waals surface area contributed by atoms with Gasteiger partial charge in [-0.05, 0) is 51.8 Å². The van der Waals surface area contributed by atoms with E-state index in [0.29, 0.717) is 6.54 Å². The SMILES string of the molecule is Cc1cc(N2CCC(N3CCCCC3)CC2)c(CN)cn1. The predicted molar refractivity (Wildman–Crippen MR) is 87.5 cm³/mol. The number of nitrogens with zero attached hydrogens (tertiary/aromatic N) is 3. The average Bonchev–Trinajstić information content (AvgIpc) is 2.56. The molecule has 0 aliphatic carbocycles. The summed E-state index contributed by atoms with van der Waals surface area (Å²) in [5.41, 5.74) is 9.45. The molecular weight excluding hydrogens is 260 g/mol. The molecule has 0 saturated carbocycles. The molecule has 0 aromatic carbocycles. The van der Waals surface area contributed by atoms with E-state index in [4.69, 9.17) is 5.73 Å². The van der Waals surface area contributed by atoms with Crippen LogP contribution in [0.4, 0.5) is 5.69 Å². The number of piperidine rings is 2. The zero-order valence-corrected chi connectivity index (χ0v) is 13.2. The van der Waals surface area contributed by atoms with Crippen molar-refractivity contribution in [3.8, 4) is 0 Å². The number of aryl methyl sites for hydroxylation is 1. The third kappa shape index (κ3) is 3.38. The molecule has 4 heteroatoms. The second kappa shape index (κ2) is 6.75. The van der Waals surface area contributed by atoms with Gasteiger partial charge in [0.25, 0.3) is 0 Å². The van der Waals surface area contributed by atoms with Crippen LogP contribution in [0.3, 0.4) is 0 Å². The molecule has 2 aliphatic rings. The van der Waals surface area contributed by atoms with Gasteiger partial charge in [0.15, 0.2) is 0 Å². The summed E-state index contributed by atoms with van der Waals surface area (Å²) in [5.74, 6) is 0. The van der Waals surface area contributed by atoms with Crippen molar-refractivity contribution in [3.05, 3.63) is 23.5 Å². The summed E-state index contributed by atoms with van der Waals surface area (Å²) in [6.45, 7) is 7.56. The zero-order chi connectivity index (χ0) is 14.7. The molecule has 0 atom stereocenters. The molecule has 4 nitrogen and oxygen atoms in total. The van der Waals surface area contributed by atoms with Gasteiger partial charge in [0.05, 0.1) is 0 Å². The van der Waals surface area contributed by atoms with Gasteiger partial charge in [-0.1, -0.05) is 6.42 Å². The molecule has 2 N–H and O–H groups in total. The first-order valence-electron chi connectivity index (χ1n) is 8.42. The lowest BCUT2D eigenvalue weighted by Gasteiger charge is -2.41. The first kappa shape index (κ1) is 14.8. The highest BCUT2D eigenvalue weighted by molar-refractivity contribution is 5.54. The van der Waals surface area contributed by atoms with Crippen LogP contribution in [0.5, 0.6) is 0 Å². The van der Waals surface area contributed by atoms with Crippen LogP contribution in [0.2, 0.25) is 0 Å². The number of rotatable bonds is 3. The van der Waals surface area contributed by atoms with Crippen LogP contribution in [0.15, 0.2) is 12.3 Å². The molecule has 0 bridgehead atoms. The summed E-state index contributed by atoms with van der Waals surface area (Å²) < 4.78 is 0. The number of pyridine rings is 1. The fourth-order valence-corrected chi connectivity index (χ4v) is 3.78. The normalized spacial score (nSPS) is 21.7. The molecule has 1 aromatic rings. The molecule has 0 amide bonds. The lowest BCUT2D eigenvalue weighted by Crippen LogP contribution is -2.47. The molecule has 21 heavy (non-hydrogen) atoms. The summed E-state index contributed by atoms with van der Waals surface area (Å²) in [7, 11) is 0. The van der Waals surface area contributed by atoms with E-state index < -0.39 is 0 Å². The van der Waals surface area contributed by atoms with Crippen LogP contribution in [0.1, 0.15) is 43.4 Å². The predicted octanol–water partition coefficient (Wildman–Crippen LogP) is 2.30. The zero-order valence-electron chi connectivity index (χ0n) is 13.2. The Morgan fingerprint density at radius 3 is 2.52 bits per heavy atom. The Morgan fingerprint density at radius 2 is 1.86 bits per heavy atom. The lowest BCUT2D eigenvalue weighted by molar-refractivity contribution is 0.141. The van der Waals surface area contributed by atoms with Crippen molar-refractivity contribution in [2.75, 3.05) is 31.1 Å². The molecule has 0 spiro atoms. The highest BCUT2D eigenvalue weighted by Gasteiger charge is 2.26. The van der Waals surface area contributed by atoms with Crippen LogP contribution in [-0.4, -0.2) is 42.1 Å². The van der Waals surface area contributed by atoms with E-state index in [1.807, 2.05) is 6.20 Å². The number of hydrogen-bond acceptors (Lipinski definition) is 4. The van der Waals surface area contributed by atoms with Crippen molar-refractivity contribution >= 4 is 5.69 Å². The summed E-state index contributed by atoms with van der Waals surface area (Å²) in [4.78, 5) is 9.61. The standard InChI is InChI=1S/C17H28N4/c1-14-11-17(15(12-18)13-19-14)21-9-5-16(6-10-21)20-7-3-2-4-8-20/h11,13,16H,2-10,12,18H2,1H3. The Kier molecular flexibility index (Phi) is 4.76. The third-order valence-electron chi connectivity index (χ3n) is 5.03. The Labute approximate surface area is 128 Å². The Bertz CT molecular complexity index is 460. The van der Waals surface area contributed by atoms with Crippen LogP contribution >= 0.6 is 0 Å². The maximum atomic E-state index is 5.88. The van der Waals surface area contributed by atoms with Gasteiger partial charge in [0.2, 0.25) is 0 Å². The number of hydrogen-bond donors (Lipinski definition) is 1. The van der Waals surface area contributed by atoms with E-state index in [1.165, 1.54) is 56.4 Å². The van der Waals surface area contributed by atoms with E-state index in [1.54, 1.807) is 0 Å². The molecule has 3 heterocycles. The van der Waals surface area contributed by atoms with E-state index in [0.717, 1.165) is 24.8 Å². The van der Waals surface area contributed by atoms with E-state index in [2.05, 4.69) is 27.8 Å². The van der Waals surface area contributed by atoms with Crippen molar-refractivity contribution in [2.45, 2.75) is 51.6 Å². The number of likely N-dealkylation sites (tertiary alicyclic amines) is 1. The fourth-order valence-electron chi connectivity index (χ4n) is 3.78. The van der Waals surface area contributed by atoms with Crippen LogP contribution in [0, 0.1) is 6.92 Å². The minimum Gasteiger partial charge on any atom is -0.371 e. The Morgan fingerprint density at radius 1 is 1.14 bits per heavy atom. The molecular formula is C17H28N4. The minimum absolute atomic E-state index is 0.578. The summed E-state index contributed by atoms with van der Waals surface area (Å²) >= 11 is 0. The van der Waals surface area contributed by atoms with E-state index in [-0.39, 0.29) is 0 Å². The van der Waals surface area contributed by atoms with Crippen LogP contribution in [0.25, 0.3) is 0 Å². The maximum Gasteiger partial charge on any atom is 0.0445 e. The highest BCUT2D eigenvalue weighted by atomic mass is 15.2. The quantitative estimate of drug-likeness (QED) is 0.927. The smallest absolute Gasteiger partial charge is 0.0445 e. The van der Waals surface area contributed by atoms with Gasteiger partial charge < -0.3 is 15.5 Å². The Hall–Kier alpha value is -1.13. The summed E-state index contributed by atoms with van der Waals surface area (Å²) in [6.07, 6.45) is 8.71. The van der Waals surface area contributed by atoms with Gasteiger partial charge >= 0.3 is 0 Å². The van der Waals surface area contributed by atoms with Crippen molar-refractivity contribution in [2.24, 2.45) is 5.73 Å². The molecule has 1 aromatic heterocycles. The second-order valence-electron chi connectivity index (χ2n) is 6.47. The number of anilines is 1. The fraction of sp³-hybridized carbons (Fsp3) is 0.706. The van der Waals surface area contributed by atoms with Gasteiger partial charge in [0, 0.05) is 48.8 Å². The molecule has 2 saturated heterocycles. The van der Waals surface area contributed by atoms with Crippen molar-refractivity contribution in [3.63, 3.8) is 0 Å². The van der Waals surface area contributed by atoms with E-state index in [9.17, 15) is 0 Å². The summed E-state index contributed by atoms with van der Waals surface area (Å²) in [6, 6.07) is 2.99. The number of nitrogens with two attached hydrogens (primary N) is 1. The topological polar surface area (TPSA) is 45.4 Å². The maximum absolute atomic E-state index is 5.88. The molecule has 3 rings (SSSR count). The van der Waals surface area contributed by atoms with Gasteiger partial charge in [0.1, 0.15) is 0 Å². The third-order valence-corrected chi connectivity index (χ3v) is 5.03. The minimum atomic E-state index is 0.578. The van der Waals surface area contributed by atoms with Crippen LogP contribution < -0.4 is 10.6 Å². The lowest BCUT2D eigenvalue weighted by atomic mass is 9.99. The highest BCUT2D eigenvalue weighted by Crippen LogP contribution is 2.27. The van der Waals surface area contributed by atoms with Crippen molar-refractivity contribution in [1.82, 2.24) is 9.88 Å². The molecule has 2 fully saturated rings. The first-order chi connectivity index (χ1) is 10.3. The second-order valence-corrected chi connectivity index (χ2v) is 6.47. The largest absolute Gasteiger partial charge is 0.371 e. The molecule has 0 radical (unpaired) electrons. The van der Waals surface area contributed by atoms with Crippen LogP contribution in [-0.2, 0) is 6.54 Å². The van der Waals surface area contributed by atoms with Crippen molar-refractivity contribution in [1.29, 1.82) is 0 Å². The monoisotopic (exact) mass is 288 g/mol. The van der Waals surface area contributed by atoms with E-state index >= 15 is 0 Å². The molecule has 0 unspecified atom stereocenters. The van der Waals surface area contributed by atoms with Gasteiger partial charge in [-0.15, -0.1) is 0 Å². The average molecular weight is 288 g/mol. The Balaban J connectivity index is 1.64. The molecule has 2 aliphatic heterocycles. The van der Waals surface area contributed by atoms with Gasteiger partial charge in [-0.25, -0.2) is 0 Å². The summed E-state index contributed by atoms with van der Waals surface area (Å²) in [5, 5.41) is 0. The van der Waals surface area contributed by atoms with Gasteiger partial charge in [-0.2, -0.15) is 0 Å². The molecule has 116 valence electrons. The van der Waals surface area contributed by atoms with Crippen molar-refractivity contribution < 1.29 is 0 Å². The van der Waals surface area contributed by atoms with Gasteiger partial charge in [-0.3, -0.25) is 4.98 Å².